The third kappa shape index (κ3) is 2.36. The Labute approximate surface area is 115 Å². The van der Waals surface area contributed by atoms with Crippen LogP contribution < -0.4 is 4.74 Å². The van der Waals surface area contributed by atoms with Crippen LogP contribution in [0.25, 0.3) is 0 Å². The van der Waals surface area contributed by atoms with Gasteiger partial charge >= 0.3 is 0 Å². The first-order valence-corrected chi connectivity index (χ1v) is 7.12. The first kappa shape index (κ1) is 13.7. The summed E-state index contributed by atoms with van der Waals surface area (Å²) in [6, 6.07) is 4.16. The third-order valence-electron chi connectivity index (χ3n) is 3.79. The fraction of sp³-hybridized carbons (Fsp3) is 0.600. The number of hydrogen-bond donors (Lipinski definition) is 0. The van der Waals surface area contributed by atoms with Gasteiger partial charge in [-0.2, -0.15) is 0 Å². The van der Waals surface area contributed by atoms with Gasteiger partial charge in [0.2, 0.25) is 0 Å². The van der Waals surface area contributed by atoms with Crippen molar-refractivity contribution >= 4 is 11.6 Å². The molecule has 0 radical (unpaired) electrons. The van der Waals surface area contributed by atoms with Gasteiger partial charge in [0.1, 0.15) is 12.4 Å². The topological polar surface area (TPSA) is 12.5 Å². The van der Waals surface area contributed by atoms with Crippen molar-refractivity contribution in [2.24, 2.45) is 0 Å². The van der Waals surface area contributed by atoms with Gasteiger partial charge in [0.05, 0.1) is 10.6 Å². The Hall–Kier alpha value is -0.730. The molecule has 1 spiro atoms. The summed E-state index contributed by atoms with van der Waals surface area (Å²) in [6.07, 6.45) is 2.49. The Balaban J connectivity index is 0.000000574. The Morgan fingerprint density at radius 1 is 1.28 bits per heavy atom. The van der Waals surface area contributed by atoms with Gasteiger partial charge in [-0.25, -0.2) is 0 Å². The van der Waals surface area contributed by atoms with E-state index in [2.05, 4.69) is 24.9 Å². The number of halogens is 1. The van der Waals surface area contributed by atoms with Gasteiger partial charge in [0, 0.05) is 12.1 Å². The van der Waals surface area contributed by atoms with E-state index in [1.165, 1.54) is 24.0 Å². The molecule has 0 bridgehead atoms. The molecule has 1 aliphatic carbocycles. The van der Waals surface area contributed by atoms with Crippen molar-refractivity contribution in [1.29, 1.82) is 0 Å². The van der Waals surface area contributed by atoms with Gasteiger partial charge in [0.15, 0.2) is 0 Å². The second-order valence-electron chi connectivity index (χ2n) is 5.10. The Kier molecular flexibility index (Phi) is 3.88. The molecule has 0 aromatic heterocycles. The molecule has 1 aromatic carbocycles. The largest absolute Gasteiger partial charge is 0.490 e. The Bertz CT molecular complexity index is 440. The summed E-state index contributed by atoms with van der Waals surface area (Å²) < 4.78 is 5.91. The number of fused-ring (bicyclic) bond motifs is 1. The molecule has 2 aliphatic rings. The summed E-state index contributed by atoms with van der Waals surface area (Å²) in [7, 11) is 2.18. The molecular weight excluding hydrogens is 246 g/mol. The van der Waals surface area contributed by atoms with Crippen LogP contribution in [0.1, 0.15) is 37.8 Å². The van der Waals surface area contributed by atoms with E-state index in [0.29, 0.717) is 0 Å². The number of rotatable bonds is 0. The normalized spacial score (nSPS) is 20.3. The van der Waals surface area contributed by atoms with E-state index >= 15 is 0 Å². The van der Waals surface area contributed by atoms with Crippen LogP contribution in [0.3, 0.4) is 0 Å². The molecule has 3 heteroatoms. The highest BCUT2D eigenvalue weighted by Gasteiger charge is 2.48. The molecule has 0 amide bonds. The van der Waals surface area contributed by atoms with E-state index in [1.807, 2.05) is 19.9 Å². The highest BCUT2D eigenvalue weighted by atomic mass is 35.5. The van der Waals surface area contributed by atoms with E-state index in [1.54, 1.807) is 0 Å². The highest BCUT2D eigenvalue weighted by molar-refractivity contribution is 6.32. The smallest absolute Gasteiger partial charge is 0.142 e. The number of likely N-dealkylation sites (N-methyl/N-ethyl adjacent to an activating group) is 1. The number of hydrogen-bond acceptors (Lipinski definition) is 2. The molecule has 18 heavy (non-hydrogen) atoms. The van der Waals surface area contributed by atoms with Crippen molar-refractivity contribution in [2.45, 2.75) is 45.7 Å². The lowest BCUT2D eigenvalue weighted by Crippen LogP contribution is -2.36. The van der Waals surface area contributed by atoms with Crippen LogP contribution in [0.2, 0.25) is 5.02 Å². The van der Waals surface area contributed by atoms with Gasteiger partial charge in [-0.15, -0.1) is 0 Å². The van der Waals surface area contributed by atoms with Crippen molar-refractivity contribution in [2.75, 3.05) is 13.7 Å². The lowest BCUT2D eigenvalue weighted by Gasteiger charge is -2.23. The van der Waals surface area contributed by atoms with Gasteiger partial charge in [-0.05, 0) is 38.4 Å². The van der Waals surface area contributed by atoms with Crippen LogP contribution in [0.4, 0.5) is 0 Å². The minimum Gasteiger partial charge on any atom is -0.490 e. The molecule has 0 N–H and O–H groups in total. The molecule has 1 saturated carbocycles. The predicted molar refractivity (Wildman–Crippen MR) is 76.5 cm³/mol. The van der Waals surface area contributed by atoms with Crippen LogP contribution in [0.15, 0.2) is 12.1 Å². The maximum Gasteiger partial charge on any atom is 0.142 e. The Morgan fingerprint density at radius 2 is 1.94 bits per heavy atom. The zero-order valence-corrected chi connectivity index (χ0v) is 12.5. The average molecular weight is 268 g/mol. The first-order chi connectivity index (χ1) is 8.61. The van der Waals surface area contributed by atoms with Crippen LogP contribution in [-0.2, 0) is 6.54 Å². The standard InChI is InChI=1S/C13H16ClNO.C2H6/c1-9-5-10-7-15(2)13(3-4-13)8-16-12(10)11(14)6-9;1-2/h5-6H,3-4,7-8H2,1-2H3;1-2H3. The van der Waals surface area contributed by atoms with Crippen LogP contribution in [0, 0.1) is 6.92 Å². The number of benzene rings is 1. The van der Waals surface area contributed by atoms with E-state index in [9.17, 15) is 0 Å². The van der Waals surface area contributed by atoms with Crippen LogP contribution >= 0.6 is 11.6 Å². The molecule has 100 valence electrons. The fourth-order valence-electron chi connectivity index (χ4n) is 2.49. The number of aryl methyl sites for hydroxylation is 1. The maximum absolute atomic E-state index is 6.24. The summed E-state index contributed by atoms with van der Waals surface area (Å²) in [5.41, 5.74) is 2.71. The molecule has 1 aromatic rings. The summed E-state index contributed by atoms with van der Waals surface area (Å²) in [5, 5.41) is 0.751. The summed E-state index contributed by atoms with van der Waals surface area (Å²) >= 11 is 6.24. The molecular formula is C15H22ClNO. The fourth-order valence-corrected chi connectivity index (χ4v) is 2.84. The van der Waals surface area contributed by atoms with Gasteiger partial charge in [-0.3, -0.25) is 4.90 Å². The molecule has 1 heterocycles. The van der Waals surface area contributed by atoms with Crippen molar-refractivity contribution in [3.05, 3.63) is 28.3 Å². The molecule has 2 nitrogen and oxygen atoms in total. The van der Waals surface area contributed by atoms with Crippen LogP contribution in [-0.4, -0.2) is 24.1 Å². The first-order valence-electron chi connectivity index (χ1n) is 6.74. The quantitative estimate of drug-likeness (QED) is 0.704. The molecule has 0 saturated heterocycles. The summed E-state index contributed by atoms with van der Waals surface area (Å²) in [4.78, 5) is 2.41. The zero-order valence-electron chi connectivity index (χ0n) is 11.7. The maximum atomic E-state index is 6.24. The molecule has 0 unspecified atom stereocenters. The van der Waals surface area contributed by atoms with E-state index in [-0.39, 0.29) is 5.54 Å². The number of ether oxygens (including phenoxy) is 1. The lowest BCUT2D eigenvalue weighted by molar-refractivity contribution is 0.156. The lowest BCUT2D eigenvalue weighted by atomic mass is 10.1. The SMILES string of the molecule is CC.Cc1cc(Cl)c2c(c1)CN(C)C1(CC1)CO2. The third-order valence-corrected chi connectivity index (χ3v) is 4.08. The average Bonchev–Trinajstić information content (AvgIpc) is 3.12. The van der Waals surface area contributed by atoms with E-state index in [0.717, 1.165) is 23.9 Å². The van der Waals surface area contributed by atoms with Crippen LogP contribution in [0.5, 0.6) is 5.75 Å². The monoisotopic (exact) mass is 267 g/mol. The zero-order chi connectivity index (χ0) is 13.3. The second-order valence-corrected chi connectivity index (χ2v) is 5.51. The highest BCUT2D eigenvalue weighted by Crippen LogP contribution is 2.46. The van der Waals surface area contributed by atoms with Crippen molar-refractivity contribution in [3.8, 4) is 5.75 Å². The Morgan fingerprint density at radius 3 is 2.56 bits per heavy atom. The second kappa shape index (κ2) is 5.10. The van der Waals surface area contributed by atoms with Crippen molar-refractivity contribution in [3.63, 3.8) is 0 Å². The molecule has 1 fully saturated rings. The van der Waals surface area contributed by atoms with Gasteiger partial charge in [0.25, 0.3) is 0 Å². The molecule has 1 aliphatic heterocycles. The van der Waals surface area contributed by atoms with Gasteiger partial charge in [-0.1, -0.05) is 31.5 Å². The molecule has 3 rings (SSSR count). The minimum atomic E-state index is 0.288. The van der Waals surface area contributed by atoms with Gasteiger partial charge < -0.3 is 4.74 Å². The summed E-state index contributed by atoms with van der Waals surface area (Å²) in [5.74, 6) is 0.892. The number of nitrogens with zero attached hydrogens (tertiary/aromatic N) is 1. The minimum absolute atomic E-state index is 0.288. The van der Waals surface area contributed by atoms with Crippen molar-refractivity contribution in [1.82, 2.24) is 4.90 Å². The van der Waals surface area contributed by atoms with E-state index < -0.39 is 0 Å². The predicted octanol–water partition coefficient (Wildman–Crippen LogP) is 4.03. The van der Waals surface area contributed by atoms with Crippen molar-refractivity contribution < 1.29 is 4.74 Å². The molecule has 0 atom stereocenters. The summed E-state index contributed by atoms with van der Waals surface area (Å²) in [6.45, 7) is 7.79. The van der Waals surface area contributed by atoms with E-state index in [4.69, 9.17) is 16.3 Å².